The summed E-state index contributed by atoms with van der Waals surface area (Å²) in [6.07, 6.45) is 0. The number of nitrogens with one attached hydrogen (secondary N) is 1. The maximum absolute atomic E-state index is 13.1. The molecule has 0 radical (unpaired) electrons. The Balaban J connectivity index is 1.29. The van der Waals surface area contributed by atoms with Gasteiger partial charge in [-0.1, -0.05) is 0 Å². The van der Waals surface area contributed by atoms with Crippen LogP contribution in [0, 0.1) is 10.1 Å². The third-order valence-electron chi connectivity index (χ3n) is 7.96. The number of hydrogen-bond acceptors (Lipinski definition) is 18. The van der Waals surface area contributed by atoms with E-state index < -0.39 is 78.6 Å². The maximum Gasteiger partial charge on any atom is 0.296 e. The van der Waals surface area contributed by atoms with Crippen LogP contribution < -0.4 is 10.5 Å². The first-order valence-corrected chi connectivity index (χ1v) is 20.4. The van der Waals surface area contributed by atoms with Crippen molar-refractivity contribution in [1.82, 2.24) is 0 Å². The molecule has 6 aromatic rings. The molecule has 0 heterocycles. The number of phenolic OH excluding ortho intramolecular Hbond substituents is 3. The zero-order valence-electron chi connectivity index (χ0n) is 29.2. The number of phenols is 3. The first kappa shape index (κ1) is 41.2. The lowest BCUT2D eigenvalue weighted by atomic mass is 10.1. The largest absolute Gasteiger partial charge is 0.508 e. The van der Waals surface area contributed by atoms with E-state index in [0.717, 1.165) is 30.3 Å². The minimum Gasteiger partial charge on any atom is -0.508 e. The number of anilines is 2. The number of fused-ring (bicyclic) bond motifs is 1. The third kappa shape index (κ3) is 9.24. The summed E-state index contributed by atoms with van der Waals surface area (Å²) in [5.74, 6) is -1.51. The van der Waals surface area contributed by atoms with Crippen molar-refractivity contribution in [2.75, 3.05) is 10.5 Å². The average molecular weight is 864 g/mol. The SMILES string of the molecule is Nc1c(N=Nc2ccc([N+](=O)[O-])cc2)c(S(=O)(=O)O)cc2cc(S(=O)(=O)O)c(N=Nc3ccc(S(=O)(=O)Nc4ccc(N=Nc5ccc(O)cc5O)cc4)cc3)c(O)c12. The molecule has 302 valence electrons. The molecule has 0 aromatic heterocycles. The highest BCUT2D eigenvalue weighted by Crippen LogP contribution is 2.48. The van der Waals surface area contributed by atoms with E-state index in [9.17, 15) is 59.8 Å². The maximum atomic E-state index is 13.1. The minimum absolute atomic E-state index is 0.0181. The Morgan fingerprint density at radius 2 is 1.10 bits per heavy atom. The van der Waals surface area contributed by atoms with Crippen LogP contribution in [-0.4, -0.2) is 54.6 Å². The van der Waals surface area contributed by atoms with Crippen LogP contribution in [0.3, 0.4) is 0 Å². The Labute approximate surface area is 332 Å². The Morgan fingerprint density at radius 1 is 0.610 bits per heavy atom. The number of benzene rings is 6. The number of rotatable bonds is 12. The second-order valence-corrected chi connectivity index (χ2v) is 16.4. The van der Waals surface area contributed by atoms with E-state index in [1.54, 1.807) is 0 Å². The fraction of sp³-hybridized carbons (Fsp3) is 0. The van der Waals surface area contributed by atoms with Gasteiger partial charge in [-0.15, -0.1) is 15.3 Å². The number of nitrogen functional groups attached to an aromatic ring is 1. The van der Waals surface area contributed by atoms with Gasteiger partial charge >= 0.3 is 0 Å². The standard InChI is InChI=1S/C34H25N9O13S3/c35-31-30-18(15-28(58(51,52)53)32(31)40-37-20-5-9-23(10-6-20)43(47)48)16-29(59(54,55)56)33(34(30)46)41-38-21-7-12-25(13-8-21)57(49,50)42-22-3-1-19(2-4-22)36-39-26-14-11-24(44)17-27(26)45/h1-17,42,44-46H,35H2,(H,51,52,53)(H,54,55,56). The van der Waals surface area contributed by atoms with Gasteiger partial charge in [0.25, 0.3) is 35.9 Å². The summed E-state index contributed by atoms with van der Waals surface area (Å²) in [5.41, 5.74) is 4.07. The number of nitro groups is 1. The second-order valence-electron chi connectivity index (χ2n) is 11.9. The van der Waals surface area contributed by atoms with Gasteiger partial charge < -0.3 is 21.1 Å². The molecule has 59 heavy (non-hydrogen) atoms. The predicted molar refractivity (Wildman–Crippen MR) is 209 cm³/mol. The van der Waals surface area contributed by atoms with Crippen molar-refractivity contribution in [3.05, 3.63) is 113 Å². The van der Waals surface area contributed by atoms with E-state index in [1.807, 2.05) is 0 Å². The average Bonchev–Trinajstić information content (AvgIpc) is 3.16. The monoisotopic (exact) mass is 863 g/mol. The number of nitro benzene ring substituents is 1. The minimum atomic E-state index is -5.23. The molecule has 0 atom stereocenters. The van der Waals surface area contributed by atoms with E-state index >= 15 is 0 Å². The van der Waals surface area contributed by atoms with E-state index in [2.05, 4.69) is 35.4 Å². The van der Waals surface area contributed by atoms with E-state index in [1.165, 1.54) is 60.7 Å². The quantitative estimate of drug-likeness (QED) is 0.0201. The van der Waals surface area contributed by atoms with Crippen molar-refractivity contribution in [1.29, 1.82) is 0 Å². The Bertz CT molecular complexity index is 3090. The van der Waals surface area contributed by atoms with E-state index in [0.29, 0.717) is 17.8 Å². The van der Waals surface area contributed by atoms with Crippen LogP contribution in [0.2, 0.25) is 0 Å². The number of non-ortho nitro benzene ring substituents is 1. The highest BCUT2D eigenvalue weighted by Gasteiger charge is 2.28. The zero-order valence-corrected chi connectivity index (χ0v) is 31.7. The van der Waals surface area contributed by atoms with Gasteiger partial charge in [-0.25, -0.2) is 8.42 Å². The lowest BCUT2D eigenvalue weighted by Gasteiger charge is -2.14. The topological polar surface area (TPSA) is 359 Å². The summed E-state index contributed by atoms with van der Waals surface area (Å²) < 4.78 is 98.1. The molecule has 0 saturated heterocycles. The fourth-order valence-corrected chi connectivity index (χ4v) is 7.56. The highest BCUT2D eigenvalue weighted by atomic mass is 32.2. The van der Waals surface area contributed by atoms with Crippen LogP contribution in [0.15, 0.2) is 149 Å². The molecule has 0 bridgehead atoms. The molecule has 0 unspecified atom stereocenters. The van der Waals surface area contributed by atoms with Gasteiger partial charge in [0.1, 0.15) is 38.4 Å². The molecule has 0 fully saturated rings. The van der Waals surface area contributed by atoms with Crippen molar-refractivity contribution < 1.29 is 54.6 Å². The van der Waals surface area contributed by atoms with E-state index in [4.69, 9.17) is 5.73 Å². The Morgan fingerprint density at radius 3 is 1.63 bits per heavy atom. The van der Waals surface area contributed by atoms with E-state index in [-0.39, 0.29) is 44.8 Å². The van der Waals surface area contributed by atoms with Crippen molar-refractivity contribution in [3.63, 3.8) is 0 Å². The van der Waals surface area contributed by atoms with Crippen LogP contribution in [-0.2, 0) is 30.3 Å². The number of hydrogen-bond donors (Lipinski definition) is 7. The van der Waals surface area contributed by atoms with Gasteiger partial charge in [-0.3, -0.25) is 23.9 Å². The lowest BCUT2D eigenvalue weighted by Crippen LogP contribution is -2.12. The lowest BCUT2D eigenvalue weighted by molar-refractivity contribution is -0.384. The molecule has 8 N–H and O–H groups in total. The molecule has 0 aliphatic heterocycles. The van der Waals surface area contributed by atoms with Crippen LogP contribution in [0.1, 0.15) is 0 Å². The molecule has 6 aromatic carbocycles. The number of nitrogens with zero attached hydrogens (tertiary/aromatic N) is 7. The first-order chi connectivity index (χ1) is 27.7. The van der Waals surface area contributed by atoms with Gasteiger partial charge in [0.05, 0.1) is 38.0 Å². The summed E-state index contributed by atoms with van der Waals surface area (Å²) >= 11 is 0. The fourth-order valence-electron chi connectivity index (χ4n) is 5.17. The molecular formula is C34H25N9O13S3. The zero-order chi connectivity index (χ0) is 42.9. The number of aromatic hydroxyl groups is 3. The van der Waals surface area contributed by atoms with Crippen molar-refractivity contribution in [2.24, 2.45) is 30.7 Å². The highest BCUT2D eigenvalue weighted by molar-refractivity contribution is 7.92. The molecule has 0 aliphatic carbocycles. The summed E-state index contributed by atoms with van der Waals surface area (Å²) in [7, 11) is -14.6. The van der Waals surface area contributed by atoms with Crippen molar-refractivity contribution >= 4 is 92.2 Å². The van der Waals surface area contributed by atoms with Gasteiger partial charge in [-0.2, -0.15) is 32.2 Å². The predicted octanol–water partition coefficient (Wildman–Crippen LogP) is 7.99. The molecule has 0 saturated carbocycles. The van der Waals surface area contributed by atoms with Crippen molar-refractivity contribution in [3.8, 4) is 17.2 Å². The Kier molecular flexibility index (Phi) is 11.1. The summed E-state index contributed by atoms with van der Waals surface area (Å²) in [4.78, 5) is 8.00. The molecule has 25 heteroatoms. The summed E-state index contributed by atoms with van der Waals surface area (Å²) in [6, 6.07) is 19.9. The van der Waals surface area contributed by atoms with Gasteiger partial charge in [0.15, 0.2) is 5.75 Å². The normalized spacial score (nSPS) is 12.5. The second kappa shape index (κ2) is 15.8. The molecule has 22 nitrogen and oxygen atoms in total. The Hall–Kier alpha value is -7.45. The van der Waals surface area contributed by atoms with Crippen LogP contribution >= 0.6 is 0 Å². The van der Waals surface area contributed by atoms with Gasteiger partial charge in [-0.05, 0) is 90.3 Å². The summed E-state index contributed by atoms with van der Waals surface area (Å²) in [5, 5.41) is 63.6. The number of sulfonamides is 1. The number of azo groups is 3. The smallest absolute Gasteiger partial charge is 0.296 e. The third-order valence-corrected chi connectivity index (χ3v) is 11.1. The first-order valence-electron chi connectivity index (χ1n) is 16.0. The van der Waals surface area contributed by atoms with Crippen LogP contribution in [0.25, 0.3) is 10.8 Å². The molecule has 0 spiro atoms. The van der Waals surface area contributed by atoms with Crippen molar-refractivity contribution in [2.45, 2.75) is 14.7 Å². The number of nitrogens with two attached hydrogens (primary N) is 1. The van der Waals surface area contributed by atoms with Gasteiger partial charge in [0, 0.05) is 23.9 Å². The molecule has 0 amide bonds. The summed E-state index contributed by atoms with van der Waals surface area (Å²) in [6.45, 7) is 0. The molecule has 0 aliphatic rings. The van der Waals surface area contributed by atoms with Crippen LogP contribution in [0.4, 0.5) is 51.2 Å². The van der Waals surface area contributed by atoms with Crippen LogP contribution in [0.5, 0.6) is 17.2 Å². The molecule has 6 rings (SSSR count). The van der Waals surface area contributed by atoms with Gasteiger partial charge in [0.2, 0.25) is 0 Å². The molecular weight excluding hydrogens is 839 g/mol.